The quantitative estimate of drug-likeness (QED) is 0.916. The Bertz CT molecular complexity index is 768. The molecular weight excluding hydrogens is 333 g/mol. The number of halogens is 1. The van der Waals surface area contributed by atoms with Gasteiger partial charge >= 0.3 is 0 Å². The summed E-state index contributed by atoms with van der Waals surface area (Å²) in [6, 6.07) is 7.03. The van der Waals surface area contributed by atoms with E-state index in [4.69, 9.17) is 0 Å². The molecule has 2 aliphatic heterocycles. The Kier molecular flexibility index (Phi) is 4.72. The van der Waals surface area contributed by atoms with Gasteiger partial charge in [-0.2, -0.15) is 0 Å². The third kappa shape index (κ3) is 3.35. The Morgan fingerprint density at radius 3 is 2.69 bits per heavy atom. The topological polar surface area (TPSA) is 63.1 Å². The maximum atomic E-state index is 13.1. The molecule has 1 N–H and O–H groups in total. The zero-order chi connectivity index (χ0) is 18.1. The second-order valence-electron chi connectivity index (χ2n) is 7.36. The van der Waals surface area contributed by atoms with E-state index in [2.05, 4.69) is 22.6 Å². The number of hydrogen-bond donors (Lipinski definition) is 1. The number of piperidine rings is 1. The molecule has 2 atom stereocenters. The van der Waals surface area contributed by atoms with E-state index in [0.717, 1.165) is 37.9 Å². The summed E-state index contributed by atoms with van der Waals surface area (Å²) >= 11 is 0. The van der Waals surface area contributed by atoms with Crippen LogP contribution in [-0.2, 0) is 0 Å². The van der Waals surface area contributed by atoms with Crippen LogP contribution in [0.4, 0.5) is 4.39 Å². The van der Waals surface area contributed by atoms with Crippen LogP contribution in [0.2, 0.25) is 0 Å². The standard InChI is InChI=1S/C19H24FN5O/c1-13-10-15(14-2-4-16(20)5-3-14)11-24(13)19(26)18-12-25(23-22-18)17-6-8-21-9-7-17/h2-5,12-13,15,17,21H,6-11H2,1H3. The van der Waals surface area contributed by atoms with Crippen molar-refractivity contribution in [1.29, 1.82) is 0 Å². The highest BCUT2D eigenvalue weighted by Gasteiger charge is 2.35. The predicted molar refractivity (Wildman–Crippen MR) is 95.4 cm³/mol. The van der Waals surface area contributed by atoms with Crippen molar-refractivity contribution in [2.75, 3.05) is 19.6 Å². The average molecular weight is 357 g/mol. The number of carbonyl (C=O) groups excluding carboxylic acids is 1. The Morgan fingerprint density at radius 2 is 1.96 bits per heavy atom. The van der Waals surface area contributed by atoms with Crippen molar-refractivity contribution in [2.24, 2.45) is 0 Å². The number of amides is 1. The molecule has 0 spiro atoms. The molecule has 138 valence electrons. The van der Waals surface area contributed by atoms with Gasteiger partial charge in [-0.25, -0.2) is 9.07 Å². The molecule has 7 heteroatoms. The smallest absolute Gasteiger partial charge is 0.276 e. The largest absolute Gasteiger partial charge is 0.334 e. The van der Waals surface area contributed by atoms with Crippen molar-refractivity contribution in [2.45, 2.75) is 44.2 Å². The van der Waals surface area contributed by atoms with Crippen molar-refractivity contribution in [3.63, 3.8) is 0 Å². The summed E-state index contributed by atoms with van der Waals surface area (Å²) < 4.78 is 15.0. The van der Waals surface area contributed by atoms with Crippen molar-refractivity contribution in [3.05, 3.63) is 47.5 Å². The van der Waals surface area contributed by atoms with Gasteiger partial charge in [0.1, 0.15) is 5.82 Å². The van der Waals surface area contributed by atoms with Gasteiger partial charge in [0, 0.05) is 18.5 Å². The van der Waals surface area contributed by atoms with E-state index in [0.29, 0.717) is 18.3 Å². The molecule has 4 rings (SSSR count). The van der Waals surface area contributed by atoms with Gasteiger partial charge in [-0.05, 0) is 57.0 Å². The van der Waals surface area contributed by atoms with E-state index < -0.39 is 0 Å². The number of carbonyl (C=O) groups is 1. The van der Waals surface area contributed by atoms with Crippen LogP contribution < -0.4 is 5.32 Å². The number of hydrogen-bond acceptors (Lipinski definition) is 4. The lowest BCUT2D eigenvalue weighted by atomic mass is 9.97. The first-order valence-corrected chi connectivity index (χ1v) is 9.31. The molecule has 2 unspecified atom stereocenters. The molecule has 2 fully saturated rings. The Labute approximate surface area is 152 Å². The first kappa shape index (κ1) is 17.1. The van der Waals surface area contributed by atoms with E-state index >= 15 is 0 Å². The van der Waals surface area contributed by atoms with Gasteiger partial charge in [-0.15, -0.1) is 5.10 Å². The zero-order valence-electron chi connectivity index (χ0n) is 14.9. The molecule has 1 amide bonds. The molecule has 0 bridgehead atoms. The number of benzene rings is 1. The third-order valence-corrected chi connectivity index (χ3v) is 5.59. The summed E-state index contributed by atoms with van der Waals surface area (Å²) in [5, 5.41) is 11.7. The van der Waals surface area contributed by atoms with Crippen LogP contribution in [0.3, 0.4) is 0 Å². The monoisotopic (exact) mass is 357 g/mol. The van der Waals surface area contributed by atoms with Crippen LogP contribution in [0.5, 0.6) is 0 Å². The molecule has 0 aliphatic carbocycles. The third-order valence-electron chi connectivity index (χ3n) is 5.59. The van der Waals surface area contributed by atoms with Crippen LogP contribution in [0.1, 0.15) is 54.2 Å². The van der Waals surface area contributed by atoms with Crippen LogP contribution in [0.15, 0.2) is 30.5 Å². The molecule has 1 aromatic carbocycles. The molecule has 2 aromatic rings. The first-order chi connectivity index (χ1) is 12.6. The Hall–Kier alpha value is -2.28. The van der Waals surface area contributed by atoms with Gasteiger partial charge in [0.05, 0.1) is 12.2 Å². The molecular formula is C19H24FN5O. The summed E-state index contributed by atoms with van der Waals surface area (Å²) in [5.41, 5.74) is 1.49. The molecule has 26 heavy (non-hydrogen) atoms. The van der Waals surface area contributed by atoms with Crippen LogP contribution >= 0.6 is 0 Å². The number of nitrogens with zero attached hydrogens (tertiary/aromatic N) is 4. The summed E-state index contributed by atoms with van der Waals surface area (Å²) in [6.45, 7) is 4.62. The van der Waals surface area contributed by atoms with Gasteiger partial charge in [0.15, 0.2) is 5.69 Å². The van der Waals surface area contributed by atoms with Crippen LogP contribution in [0, 0.1) is 5.82 Å². The Morgan fingerprint density at radius 1 is 1.23 bits per heavy atom. The number of likely N-dealkylation sites (tertiary alicyclic amines) is 1. The van der Waals surface area contributed by atoms with Gasteiger partial charge in [-0.3, -0.25) is 4.79 Å². The highest BCUT2D eigenvalue weighted by Crippen LogP contribution is 2.32. The highest BCUT2D eigenvalue weighted by atomic mass is 19.1. The van der Waals surface area contributed by atoms with Crippen LogP contribution in [-0.4, -0.2) is 51.5 Å². The minimum absolute atomic E-state index is 0.0673. The summed E-state index contributed by atoms with van der Waals surface area (Å²) in [4.78, 5) is 14.8. The molecule has 2 saturated heterocycles. The maximum Gasteiger partial charge on any atom is 0.276 e. The van der Waals surface area contributed by atoms with E-state index in [1.807, 2.05) is 21.7 Å². The van der Waals surface area contributed by atoms with Crippen molar-refractivity contribution >= 4 is 5.91 Å². The molecule has 6 nitrogen and oxygen atoms in total. The molecule has 0 saturated carbocycles. The fraction of sp³-hybridized carbons (Fsp3) is 0.526. The lowest BCUT2D eigenvalue weighted by Crippen LogP contribution is -2.34. The van der Waals surface area contributed by atoms with Crippen molar-refractivity contribution < 1.29 is 9.18 Å². The Balaban J connectivity index is 1.46. The lowest BCUT2D eigenvalue weighted by Gasteiger charge is -2.22. The van der Waals surface area contributed by atoms with E-state index in [1.165, 1.54) is 12.1 Å². The van der Waals surface area contributed by atoms with Gasteiger partial charge in [0.2, 0.25) is 0 Å². The molecule has 2 aliphatic rings. The van der Waals surface area contributed by atoms with Gasteiger partial charge in [-0.1, -0.05) is 17.3 Å². The van der Waals surface area contributed by atoms with Crippen molar-refractivity contribution in [3.8, 4) is 0 Å². The summed E-state index contributed by atoms with van der Waals surface area (Å²) in [6.07, 6.45) is 4.67. The highest BCUT2D eigenvalue weighted by molar-refractivity contribution is 5.92. The minimum Gasteiger partial charge on any atom is -0.334 e. The SMILES string of the molecule is CC1CC(c2ccc(F)cc2)CN1C(=O)c1cn(C2CCNCC2)nn1. The van der Waals surface area contributed by atoms with E-state index in [9.17, 15) is 9.18 Å². The van der Waals surface area contributed by atoms with Gasteiger partial charge < -0.3 is 10.2 Å². The second-order valence-corrected chi connectivity index (χ2v) is 7.36. The fourth-order valence-electron chi connectivity index (χ4n) is 4.06. The fourth-order valence-corrected chi connectivity index (χ4v) is 4.06. The minimum atomic E-state index is -0.234. The zero-order valence-corrected chi connectivity index (χ0v) is 14.9. The predicted octanol–water partition coefficient (Wildman–Crippen LogP) is 2.36. The van der Waals surface area contributed by atoms with Crippen molar-refractivity contribution in [1.82, 2.24) is 25.2 Å². The molecule has 0 radical (unpaired) electrons. The van der Waals surface area contributed by atoms with E-state index in [-0.39, 0.29) is 23.7 Å². The lowest BCUT2D eigenvalue weighted by molar-refractivity contribution is 0.0739. The number of nitrogens with one attached hydrogen (secondary N) is 1. The van der Waals surface area contributed by atoms with Crippen LogP contribution in [0.25, 0.3) is 0 Å². The van der Waals surface area contributed by atoms with Gasteiger partial charge in [0.25, 0.3) is 5.91 Å². The maximum absolute atomic E-state index is 13.1. The first-order valence-electron chi connectivity index (χ1n) is 9.31. The molecule has 3 heterocycles. The normalized spacial score (nSPS) is 24.2. The number of aromatic nitrogens is 3. The molecule has 1 aromatic heterocycles. The number of rotatable bonds is 3. The second kappa shape index (κ2) is 7.15. The summed E-state index contributed by atoms with van der Waals surface area (Å²) in [7, 11) is 0. The average Bonchev–Trinajstić information content (AvgIpc) is 3.30. The summed E-state index contributed by atoms with van der Waals surface area (Å²) in [5.74, 6) is -0.0708. The van der Waals surface area contributed by atoms with E-state index in [1.54, 1.807) is 6.20 Å².